The van der Waals surface area contributed by atoms with Crippen molar-refractivity contribution in [3.63, 3.8) is 0 Å². The summed E-state index contributed by atoms with van der Waals surface area (Å²) >= 11 is 0. The Morgan fingerprint density at radius 3 is 2.55 bits per heavy atom. The van der Waals surface area contributed by atoms with Crippen LogP contribution in [0.25, 0.3) is 0 Å². The summed E-state index contributed by atoms with van der Waals surface area (Å²) in [5.74, 6) is 0.979. The number of hydrogen-bond acceptors (Lipinski definition) is 2. The van der Waals surface area contributed by atoms with E-state index in [0.29, 0.717) is 0 Å². The standard InChI is InChI=1S/C18H28O2/c1-4-5-6-7-8-9-12-20-17-11-10-15(2)18(14-19)16(3)13-17/h10,13-14H,4-9,11-12H2,1-3H3. The van der Waals surface area contributed by atoms with Gasteiger partial charge in [0, 0.05) is 12.0 Å². The van der Waals surface area contributed by atoms with Crippen molar-refractivity contribution in [3.8, 4) is 0 Å². The van der Waals surface area contributed by atoms with Crippen molar-refractivity contribution < 1.29 is 9.53 Å². The van der Waals surface area contributed by atoms with Gasteiger partial charge in [0.05, 0.1) is 12.4 Å². The molecular formula is C18H28O2. The third-order valence-corrected chi connectivity index (χ3v) is 3.74. The van der Waals surface area contributed by atoms with Crippen molar-refractivity contribution in [1.82, 2.24) is 0 Å². The van der Waals surface area contributed by atoms with E-state index in [1.807, 2.05) is 19.9 Å². The Hall–Kier alpha value is -1.31. The van der Waals surface area contributed by atoms with Gasteiger partial charge in [-0.15, -0.1) is 0 Å². The van der Waals surface area contributed by atoms with Gasteiger partial charge in [0.2, 0.25) is 0 Å². The van der Waals surface area contributed by atoms with Crippen LogP contribution in [-0.2, 0) is 9.53 Å². The number of carbonyl (C=O) groups excluding carboxylic acids is 1. The first-order valence-corrected chi connectivity index (χ1v) is 7.85. The molecular weight excluding hydrogens is 248 g/mol. The number of ether oxygens (including phenoxy) is 1. The highest BCUT2D eigenvalue weighted by Crippen LogP contribution is 2.22. The first-order valence-electron chi connectivity index (χ1n) is 7.85. The van der Waals surface area contributed by atoms with Gasteiger partial charge < -0.3 is 4.74 Å². The smallest absolute Gasteiger partial charge is 0.150 e. The van der Waals surface area contributed by atoms with Gasteiger partial charge >= 0.3 is 0 Å². The van der Waals surface area contributed by atoms with Crippen LogP contribution in [0.4, 0.5) is 0 Å². The first-order chi connectivity index (χ1) is 9.69. The summed E-state index contributed by atoms with van der Waals surface area (Å²) < 4.78 is 5.85. The van der Waals surface area contributed by atoms with Crippen LogP contribution in [0.3, 0.4) is 0 Å². The molecule has 0 radical (unpaired) electrons. The molecule has 112 valence electrons. The number of unbranched alkanes of at least 4 members (excludes halogenated alkanes) is 5. The summed E-state index contributed by atoms with van der Waals surface area (Å²) in [6.07, 6.45) is 13.5. The lowest BCUT2D eigenvalue weighted by Gasteiger charge is -2.08. The molecule has 2 nitrogen and oxygen atoms in total. The van der Waals surface area contributed by atoms with Crippen LogP contribution in [0.15, 0.2) is 34.6 Å². The number of aldehydes is 1. The average molecular weight is 276 g/mol. The van der Waals surface area contributed by atoms with Gasteiger partial charge in [0.1, 0.15) is 0 Å². The Balaban J connectivity index is 2.34. The summed E-state index contributed by atoms with van der Waals surface area (Å²) in [5, 5.41) is 0. The largest absolute Gasteiger partial charge is 0.498 e. The molecule has 1 aliphatic carbocycles. The van der Waals surface area contributed by atoms with Crippen LogP contribution in [0.2, 0.25) is 0 Å². The Labute approximate surface area is 123 Å². The molecule has 0 aliphatic heterocycles. The second kappa shape index (κ2) is 9.57. The molecule has 20 heavy (non-hydrogen) atoms. The van der Waals surface area contributed by atoms with Crippen LogP contribution in [0.1, 0.15) is 65.7 Å². The minimum absolute atomic E-state index is 0.786. The van der Waals surface area contributed by atoms with Crippen molar-refractivity contribution in [2.24, 2.45) is 0 Å². The van der Waals surface area contributed by atoms with E-state index in [4.69, 9.17) is 4.74 Å². The molecule has 1 rings (SSSR count). The van der Waals surface area contributed by atoms with Crippen LogP contribution in [0.5, 0.6) is 0 Å². The fourth-order valence-electron chi connectivity index (χ4n) is 2.42. The fourth-order valence-corrected chi connectivity index (χ4v) is 2.42. The molecule has 0 heterocycles. The summed E-state index contributed by atoms with van der Waals surface area (Å²) in [4.78, 5) is 11.1. The predicted molar refractivity (Wildman–Crippen MR) is 84.5 cm³/mol. The Bertz CT molecular complexity index is 400. The van der Waals surface area contributed by atoms with E-state index < -0.39 is 0 Å². The second-order valence-corrected chi connectivity index (χ2v) is 5.53. The van der Waals surface area contributed by atoms with Crippen LogP contribution >= 0.6 is 0 Å². The molecule has 0 aromatic carbocycles. The van der Waals surface area contributed by atoms with E-state index in [-0.39, 0.29) is 0 Å². The third kappa shape index (κ3) is 5.77. The maximum absolute atomic E-state index is 11.1. The monoisotopic (exact) mass is 276 g/mol. The minimum atomic E-state index is 0.786. The fraction of sp³-hybridized carbons (Fsp3) is 0.611. The molecule has 0 N–H and O–H groups in total. The van der Waals surface area contributed by atoms with E-state index >= 15 is 0 Å². The van der Waals surface area contributed by atoms with Gasteiger partial charge in [-0.1, -0.05) is 45.1 Å². The van der Waals surface area contributed by atoms with E-state index in [2.05, 4.69) is 13.0 Å². The van der Waals surface area contributed by atoms with Crippen molar-refractivity contribution in [1.29, 1.82) is 0 Å². The van der Waals surface area contributed by atoms with Crippen LogP contribution < -0.4 is 0 Å². The molecule has 1 aliphatic rings. The molecule has 0 unspecified atom stereocenters. The molecule has 0 bridgehead atoms. The number of rotatable bonds is 9. The minimum Gasteiger partial charge on any atom is -0.498 e. The molecule has 0 saturated heterocycles. The zero-order chi connectivity index (χ0) is 14.8. The van der Waals surface area contributed by atoms with Gasteiger partial charge in [0.25, 0.3) is 0 Å². The van der Waals surface area contributed by atoms with E-state index in [1.54, 1.807) is 0 Å². The highest BCUT2D eigenvalue weighted by Gasteiger charge is 2.09. The van der Waals surface area contributed by atoms with E-state index in [9.17, 15) is 4.79 Å². The maximum Gasteiger partial charge on any atom is 0.150 e. The lowest BCUT2D eigenvalue weighted by atomic mass is 10.0. The Morgan fingerprint density at radius 2 is 1.85 bits per heavy atom. The number of carbonyl (C=O) groups is 1. The predicted octanol–water partition coefficient (Wildman–Crippen LogP) is 5.11. The van der Waals surface area contributed by atoms with Crippen LogP contribution in [0, 0.1) is 0 Å². The molecule has 0 spiro atoms. The lowest BCUT2D eigenvalue weighted by Crippen LogP contribution is -1.95. The van der Waals surface area contributed by atoms with Gasteiger partial charge in [-0.25, -0.2) is 0 Å². The van der Waals surface area contributed by atoms with Gasteiger partial charge in [0.15, 0.2) is 6.29 Å². The summed E-state index contributed by atoms with van der Waals surface area (Å²) in [7, 11) is 0. The highest BCUT2D eigenvalue weighted by molar-refractivity contribution is 5.82. The molecule has 2 heteroatoms. The number of hydrogen-bond donors (Lipinski definition) is 0. The second-order valence-electron chi connectivity index (χ2n) is 5.53. The quantitative estimate of drug-likeness (QED) is 0.432. The molecule has 0 aromatic heterocycles. The number of allylic oxidation sites excluding steroid dienone is 5. The van der Waals surface area contributed by atoms with Crippen LogP contribution in [-0.4, -0.2) is 12.9 Å². The summed E-state index contributed by atoms with van der Waals surface area (Å²) in [6, 6.07) is 0. The summed E-state index contributed by atoms with van der Waals surface area (Å²) in [6.45, 7) is 6.98. The molecule has 0 amide bonds. The van der Waals surface area contributed by atoms with Gasteiger partial charge in [-0.2, -0.15) is 0 Å². The molecule has 0 atom stereocenters. The third-order valence-electron chi connectivity index (χ3n) is 3.74. The van der Waals surface area contributed by atoms with Crippen molar-refractivity contribution >= 4 is 6.29 Å². The lowest BCUT2D eigenvalue weighted by molar-refractivity contribution is -0.104. The molecule has 0 saturated carbocycles. The van der Waals surface area contributed by atoms with Crippen molar-refractivity contribution in [2.75, 3.05) is 6.61 Å². The molecule has 0 aromatic rings. The summed E-state index contributed by atoms with van der Waals surface area (Å²) in [5.41, 5.74) is 2.85. The highest BCUT2D eigenvalue weighted by atomic mass is 16.5. The van der Waals surface area contributed by atoms with Gasteiger partial charge in [-0.05, 0) is 37.5 Å². The average Bonchev–Trinajstić information content (AvgIpc) is 2.56. The van der Waals surface area contributed by atoms with Crippen molar-refractivity contribution in [2.45, 2.75) is 65.7 Å². The topological polar surface area (TPSA) is 26.3 Å². The van der Waals surface area contributed by atoms with Crippen molar-refractivity contribution in [3.05, 3.63) is 34.6 Å². The van der Waals surface area contributed by atoms with Gasteiger partial charge in [-0.3, -0.25) is 4.79 Å². The first kappa shape index (κ1) is 16.7. The zero-order valence-electron chi connectivity index (χ0n) is 13.2. The zero-order valence-corrected chi connectivity index (χ0v) is 13.2. The van der Waals surface area contributed by atoms with E-state index in [1.165, 1.54) is 32.1 Å². The molecule has 0 fully saturated rings. The van der Waals surface area contributed by atoms with E-state index in [0.717, 1.165) is 48.2 Å². The SMILES string of the molecule is CCCCCCCCOC1=CC(C)=C(C=O)C(C)=CC1. The normalized spacial score (nSPS) is 15.6. The Morgan fingerprint density at radius 1 is 1.15 bits per heavy atom. The Kier molecular flexibility index (Phi) is 8.01. The maximum atomic E-state index is 11.1.